The fraction of sp³-hybridized carbons (Fsp3) is 0.200. The van der Waals surface area contributed by atoms with Crippen LogP contribution < -0.4 is 4.90 Å². The third-order valence-corrected chi connectivity index (χ3v) is 18.8. The molecular weight excluding hydrogens is 915 g/mol. The monoisotopic (exact) mass is 977 g/mol. The van der Waals surface area contributed by atoms with Gasteiger partial charge in [0.1, 0.15) is 0 Å². The minimum Gasteiger partial charge on any atom is -0.310 e. The fourth-order valence-corrected chi connectivity index (χ4v) is 15.3. The van der Waals surface area contributed by atoms with Gasteiger partial charge in [-0.2, -0.15) is 0 Å². The third-order valence-electron chi connectivity index (χ3n) is 18.8. The van der Waals surface area contributed by atoms with E-state index in [1.54, 1.807) is 0 Å². The molecule has 0 aromatic heterocycles. The fourth-order valence-electron chi connectivity index (χ4n) is 15.3. The van der Waals surface area contributed by atoms with Crippen LogP contribution in [0.2, 0.25) is 0 Å². The molecule has 0 heterocycles. The zero-order chi connectivity index (χ0) is 51.7. The number of para-hydroxylation sites is 1. The van der Waals surface area contributed by atoms with Gasteiger partial charge in [0, 0.05) is 27.8 Å². The number of hydrogen-bond donors (Lipinski definition) is 0. The van der Waals surface area contributed by atoms with Crippen molar-refractivity contribution in [3.8, 4) is 55.6 Å². The molecule has 0 saturated heterocycles. The van der Waals surface area contributed by atoms with Crippen LogP contribution in [0.15, 0.2) is 212 Å². The molecule has 0 amide bonds. The average Bonchev–Trinajstić information content (AvgIpc) is 4.37. The molecule has 0 N–H and O–H groups in total. The van der Waals surface area contributed by atoms with E-state index in [0.29, 0.717) is 0 Å². The summed E-state index contributed by atoms with van der Waals surface area (Å²) >= 11 is 0. The van der Waals surface area contributed by atoms with Gasteiger partial charge in [-0.3, -0.25) is 0 Å². The Morgan fingerprint density at radius 1 is 0.342 bits per heavy atom. The normalized spacial score (nSPS) is 17.1. The van der Waals surface area contributed by atoms with Gasteiger partial charge in [-0.1, -0.05) is 237 Å². The lowest BCUT2D eigenvalue weighted by Gasteiger charge is -2.35. The van der Waals surface area contributed by atoms with Crippen LogP contribution in [0.5, 0.6) is 0 Å². The topological polar surface area (TPSA) is 3.24 Å². The molecule has 0 radical (unpaired) electrons. The number of aryl methyl sites for hydroxylation is 1. The van der Waals surface area contributed by atoms with Gasteiger partial charge < -0.3 is 4.90 Å². The van der Waals surface area contributed by atoms with Gasteiger partial charge in [0.05, 0.1) is 11.1 Å². The first-order valence-corrected chi connectivity index (χ1v) is 27.7. The summed E-state index contributed by atoms with van der Waals surface area (Å²) in [6, 6.07) is 82.9. The highest BCUT2D eigenvalue weighted by Gasteiger charge is 2.53. The largest absolute Gasteiger partial charge is 0.310 e. The van der Waals surface area contributed by atoms with Crippen LogP contribution in [-0.2, 0) is 33.5 Å². The number of anilines is 3. The van der Waals surface area contributed by atoms with Crippen molar-refractivity contribution in [3.05, 3.63) is 279 Å². The molecule has 0 aliphatic heterocycles. The second-order valence-corrected chi connectivity index (χ2v) is 25.1. The third kappa shape index (κ3) is 5.92. The maximum atomic E-state index is 2.63. The van der Waals surface area contributed by atoms with Crippen LogP contribution in [0.4, 0.5) is 17.1 Å². The van der Waals surface area contributed by atoms with Crippen molar-refractivity contribution in [1.29, 1.82) is 0 Å². The van der Waals surface area contributed by atoms with Crippen LogP contribution in [0.1, 0.15) is 129 Å². The first-order valence-electron chi connectivity index (χ1n) is 27.7. The van der Waals surface area contributed by atoms with Gasteiger partial charge in [-0.25, -0.2) is 0 Å². The lowest BCUT2D eigenvalue weighted by atomic mass is 9.68. The molecule has 1 heteroatoms. The Labute approximate surface area is 449 Å². The number of rotatable bonds is 4. The van der Waals surface area contributed by atoms with Crippen LogP contribution in [-0.4, -0.2) is 0 Å². The van der Waals surface area contributed by atoms with Gasteiger partial charge in [0.2, 0.25) is 0 Å². The molecule has 5 aliphatic rings. The van der Waals surface area contributed by atoms with Gasteiger partial charge in [0.25, 0.3) is 0 Å². The number of fused-ring (bicyclic) bond motifs is 20. The Kier molecular flexibility index (Phi) is 9.29. The molecule has 0 fully saturated rings. The quantitative estimate of drug-likeness (QED) is 0.170. The zero-order valence-electron chi connectivity index (χ0n) is 45.1. The molecular formula is C75H63N. The van der Waals surface area contributed by atoms with Gasteiger partial charge in [-0.15, -0.1) is 0 Å². The molecule has 5 aliphatic carbocycles. The summed E-state index contributed by atoms with van der Waals surface area (Å²) in [5, 5.41) is 0. The molecule has 10 aromatic rings. The van der Waals surface area contributed by atoms with Crippen LogP contribution >= 0.6 is 0 Å². The molecule has 15 rings (SSSR count). The number of nitrogens with zero attached hydrogens (tertiary/aromatic N) is 1. The Hall–Kier alpha value is -8.00. The smallest absolute Gasteiger partial charge is 0.0726 e. The molecule has 0 saturated carbocycles. The highest BCUT2D eigenvalue weighted by molar-refractivity contribution is 5.99. The van der Waals surface area contributed by atoms with Gasteiger partial charge in [0.15, 0.2) is 0 Å². The summed E-state index contributed by atoms with van der Waals surface area (Å²) in [7, 11) is 0. The molecule has 2 spiro atoms. The van der Waals surface area contributed by atoms with E-state index >= 15 is 0 Å². The van der Waals surface area contributed by atoms with E-state index in [2.05, 4.69) is 273 Å². The number of benzene rings is 10. The molecule has 10 aromatic carbocycles. The Bertz CT molecular complexity index is 4060. The van der Waals surface area contributed by atoms with E-state index in [1.807, 2.05) is 0 Å². The van der Waals surface area contributed by atoms with Crippen molar-refractivity contribution in [2.45, 2.75) is 95.3 Å². The zero-order valence-corrected chi connectivity index (χ0v) is 45.1. The number of hydrogen-bond acceptors (Lipinski definition) is 1. The van der Waals surface area contributed by atoms with Crippen LogP contribution in [0.3, 0.4) is 0 Å². The van der Waals surface area contributed by atoms with Crippen molar-refractivity contribution in [3.63, 3.8) is 0 Å². The van der Waals surface area contributed by atoms with E-state index < -0.39 is 5.41 Å². The molecule has 1 nitrogen and oxygen atoms in total. The summed E-state index contributed by atoms with van der Waals surface area (Å²) in [5.41, 5.74) is 32.3. The van der Waals surface area contributed by atoms with Crippen LogP contribution in [0.25, 0.3) is 55.6 Å². The van der Waals surface area contributed by atoms with Crippen molar-refractivity contribution < 1.29 is 0 Å². The standard InChI is InChI=1S/C75H63N/c1-71(2,3)47-32-36-55-56-37-33-48(72(4,5)6)43-67(56)75(66(55)42-47)64-30-17-12-22-52(64)57-39-35-50(45-68(57)75)76(69-31-18-13-24-58(69)60-26-19-25-59-53-23-10-15-28-62(53)73(7,8)70(59)60)49-34-38-54-51-21-11-16-29-63(51)74(65(54)44-49)41-40-46-20-9-14-27-61(46)74/h9-39,42-45H,40-41H2,1-8H3. The van der Waals surface area contributed by atoms with E-state index in [0.717, 1.165) is 18.5 Å². The molecule has 1 atom stereocenters. The summed E-state index contributed by atoms with van der Waals surface area (Å²) in [6.45, 7) is 19.0. The first-order chi connectivity index (χ1) is 36.7. The van der Waals surface area contributed by atoms with Crippen molar-refractivity contribution >= 4 is 17.1 Å². The lowest BCUT2D eigenvalue weighted by molar-refractivity contribution is 0.586. The SMILES string of the molecule is CC(C)(C)c1ccc2c(c1)C1(c3ccccc3-c3ccc(N(c4ccc5c(c4)C4(CCc6ccccc64)c4ccccc4-5)c4ccccc4-c4cccc5c4C(C)(C)c4ccccc4-5)cc31)c1cc(C(C)(C)C)ccc1-2. The Balaban J connectivity index is 1.03. The van der Waals surface area contributed by atoms with E-state index in [-0.39, 0.29) is 21.7 Å². The van der Waals surface area contributed by atoms with E-state index in [4.69, 9.17) is 0 Å². The second kappa shape index (κ2) is 15.5. The molecule has 0 bridgehead atoms. The highest BCUT2D eigenvalue weighted by atomic mass is 15.1. The first kappa shape index (κ1) is 45.4. The maximum absolute atomic E-state index is 2.63. The molecule has 368 valence electrons. The molecule has 76 heavy (non-hydrogen) atoms. The Morgan fingerprint density at radius 3 is 1.38 bits per heavy atom. The predicted octanol–water partition coefficient (Wildman–Crippen LogP) is 19.3. The van der Waals surface area contributed by atoms with E-state index in [9.17, 15) is 0 Å². The van der Waals surface area contributed by atoms with Crippen molar-refractivity contribution in [1.82, 2.24) is 0 Å². The maximum Gasteiger partial charge on any atom is 0.0726 e. The van der Waals surface area contributed by atoms with E-state index in [1.165, 1.54) is 134 Å². The van der Waals surface area contributed by atoms with Crippen LogP contribution in [0, 0.1) is 0 Å². The predicted molar refractivity (Wildman–Crippen MR) is 318 cm³/mol. The second-order valence-electron chi connectivity index (χ2n) is 25.1. The lowest BCUT2D eigenvalue weighted by Crippen LogP contribution is -2.27. The summed E-state index contributed by atoms with van der Waals surface area (Å²) < 4.78 is 0. The summed E-state index contributed by atoms with van der Waals surface area (Å²) in [6.07, 6.45) is 2.11. The summed E-state index contributed by atoms with van der Waals surface area (Å²) in [5.74, 6) is 0. The molecule has 1 unspecified atom stereocenters. The minimum absolute atomic E-state index is 0.0388. The van der Waals surface area contributed by atoms with Crippen molar-refractivity contribution in [2.75, 3.05) is 4.90 Å². The van der Waals surface area contributed by atoms with Gasteiger partial charge >= 0.3 is 0 Å². The minimum atomic E-state index is -0.548. The van der Waals surface area contributed by atoms with Crippen molar-refractivity contribution in [2.24, 2.45) is 0 Å². The Morgan fingerprint density at radius 2 is 0.763 bits per heavy atom. The summed E-state index contributed by atoms with van der Waals surface area (Å²) in [4.78, 5) is 2.63. The average molecular weight is 978 g/mol. The highest BCUT2D eigenvalue weighted by Crippen LogP contribution is 2.65. The van der Waals surface area contributed by atoms with Gasteiger partial charge in [-0.05, 0) is 171 Å².